The highest BCUT2D eigenvalue weighted by molar-refractivity contribution is 9.10. The van der Waals surface area contributed by atoms with Crippen molar-refractivity contribution in [3.8, 4) is 5.69 Å². The molecule has 1 aromatic heterocycles. The van der Waals surface area contributed by atoms with Crippen molar-refractivity contribution in [1.29, 1.82) is 0 Å². The highest BCUT2D eigenvalue weighted by Gasteiger charge is 2.18. The lowest BCUT2D eigenvalue weighted by Crippen LogP contribution is -2.33. The highest BCUT2D eigenvalue weighted by atomic mass is 79.9. The van der Waals surface area contributed by atoms with Gasteiger partial charge in [0.25, 0.3) is 0 Å². The van der Waals surface area contributed by atoms with E-state index in [1.807, 2.05) is 13.0 Å². The molecular weight excluding hydrogens is 356 g/mol. The number of rotatable bonds is 6. The molecule has 0 radical (unpaired) electrons. The zero-order valence-electron chi connectivity index (χ0n) is 11.8. The Hall–Kier alpha value is -1.38. The fourth-order valence-corrected chi connectivity index (χ4v) is 3.16. The molecule has 0 unspecified atom stereocenters. The van der Waals surface area contributed by atoms with E-state index in [0.29, 0.717) is 17.9 Å². The summed E-state index contributed by atoms with van der Waals surface area (Å²) < 4.78 is 30.8. The second-order valence-electron chi connectivity index (χ2n) is 4.55. The van der Waals surface area contributed by atoms with Crippen molar-refractivity contribution in [2.24, 2.45) is 0 Å². The van der Waals surface area contributed by atoms with Gasteiger partial charge in [-0.2, -0.15) is 17.8 Å². The summed E-state index contributed by atoms with van der Waals surface area (Å²) in [6, 6.07) is 7.12. The van der Waals surface area contributed by atoms with Crippen molar-refractivity contribution in [1.82, 2.24) is 14.1 Å². The topological polar surface area (TPSA) is 67.2 Å². The minimum Gasteiger partial charge on any atom is -0.269 e. The van der Waals surface area contributed by atoms with Crippen LogP contribution in [0.25, 0.3) is 5.69 Å². The van der Waals surface area contributed by atoms with Gasteiger partial charge in [-0.05, 0) is 34.5 Å². The normalized spacial score (nSPS) is 11.8. The van der Waals surface area contributed by atoms with Gasteiger partial charge in [-0.15, -0.1) is 0 Å². The molecule has 21 heavy (non-hydrogen) atoms. The average molecular weight is 373 g/mol. The van der Waals surface area contributed by atoms with Crippen LogP contribution in [-0.2, 0) is 10.2 Å². The molecule has 1 heterocycles. The Morgan fingerprint density at radius 3 is 2.71 bits per heavy atom. The number of anilines is 1. The van der Waals surface area contributed by atoms with Crippen LogP contribution in [0.2, 0.25) is 0 Å². The number of nitrogens with one attached hydrogen (secondary N) is 1. The molecule has 0 aliphatic heterocycles. The maximum absolute atomic E-state index is 12.3. The zero-order chi connectivity index (χ0) is 15.5. The van der Waals surface area contributed by atoms with Gasteiger partial charge in [0.15, 0.2) is 0 Å². The molecule has 0 bridgehead atoms. The molecule has 0 aliphatic carbocycles. The summed E-state index contributed by atoms with van der Waals surface area (Å²) in [5.74, 6) is 0. The Labute approximate surface area is 133 Å². The number of nitrogens with zero attached hydrogens (tertiary/aromatic N) is 3. The van der Waals surface area contributed by atoms with Crippen molar-refractivity contribution in [2.45, 2.75) is 13.3 Å². The second-order valence-corrected chi connectivity index (χ2v) is 7.24. The number of hydrogen-bond donors (Lipinski definition) is 1. The van der Waals surface area contributed by atoms with Gasteiger partial charge in [-0.25, -0.2) is 4.68 Å². The van der Waals surface area contributed by atoms with E-state index in [4.69, 9.17) is 0 Å². The number of hydrogen-bond acceptors (Lipinski definition) is 3. The largest absolute Gasteiger partial charge is 0.301 e. The quantitative estimate of drug-likeness (QED) is 0.847. The fraction of sp³-hybridized carbons (Fsp3) is 0.308. The van der Waals surface area contributed by atoms with Gasteiger partial charge in [-0.1, -0.05) is 19.1 Å². The summed E-state index contributed by atoms with van der Waals surface area (Å²) in [6.45, 7) is 2.39. The summed E-state index contributed by atoms with van der Waals surface area (Å²) in [7, 11) is -2.01. The Morgan fingerprint density at radius 1 is 1.38 bits per heavy atom. The van der Waals surface area contributed by atoms with Gasteiger partial charge in [0.2, 0.25) is 0 Å². The molecule has 6 nitrogen and oxygen atoms in total. The standard InChI is InChI=1S/C13H17BrN4O2S/c1-3-8-17(2)21(19,20)16-12-6-4-5-7-13(12)18-10-11(14)9-15-18/h4-7,9-10,16H,3,8H2,1-2H3. The molecule has 0 saturated carbocycles. The molecular formula is C13H17BrN4O2S. The molecule has 8 heteroatoms. The molecule has 1 aromatic carbocycles. The molecule has 0 aliphatic rings. The van der Waals surface area contributed by atoms with Crippen LogP contribution in [-0.4, -0.2) is 36.1 Å². The van der Waals surface area contributed by atoms with Crippen LogP contribution in [0, 0.1) is 0 Å². The fourth-order valence-electron chi connectivity index (χ4n) is 1.84. The van der Waals surface area contributed by atoms with Gasteiger partial charge in [-0.3, -0.25) is 4.72 Å². The highest BCUT2D eigenvalue weighted by Crippen LogP contribution is 2.22. The third kappa shape index (κ3) is 3.84. The van der Waals surface area contributed by atoms with Crippen LogP contribution in [0.3, 0.4) is 0 Å². The smallest absolute Gasteiger partial charge is 0.269 e. The van der Waals surface area contributed by atoms with Gasteiger partial charge in [0.05, 0.1) is 22.0 Å². The lowest BCUT2D eigenvalue weighted by Gasteiger charge is -2.19. The minimum absolute atomic E-state index is 0.463. The minimum atomic E-state index is -3.57. The van der Waals surface area contributed by atoms with Crippen molar-refractivity contribution in [3.63, 3.8) is 0 Å². The number of para-hydroxylation sites is 2. The van der Waals surface area contributed by atoms with E-state index in [1.54, 1.807) is 42.3 Å². The maximum Gasteiger partial charge on any atom is 0.301 e. The molecule has 2 aromatic rings. The molecule has 0 amide bonds. The molecule has 0 saturated heterocycles. The summed E-state index contributed by atoms with van der Waals surface area (Å²) in [4.78, 5) is 0. The molecule has 114 valence electrons. The van der Waals surface area contributed by atoms with Crippen molar-refractivity contribution in [3.05, 3.63) is 41.1 Å². The van der Waals surface area contributed by atoms with E-state index in [9.17, 15) is 8.42 Å². The number of benzene rings is 1. The Balaban J connectivity index is 2.33. The lowest BCUT2D eigenvalue weighted by molar-refractivity contribution is 0.473. The van der Waals surface area contributed by atoms with Crippen LogP contribution in [0.4, 0.5) is 5.69 Å². The molecule has 0 atom stereocenters. The molecule has 2 rings (SSSR count). The van der Waals surface area contributed by atoms with Crippen LogP contribution in [0.5, 0.6) is 0 Å². The van der Waals surface area contributed by atoms with Crippen LogP contribution in [0.1, 0.15) is 13.3 Å². The van der Waals surface area contributed by atoms with E-state index in [1.165, 1.54) is 4.31 Å². The van der Waals surface area contributed by atoms with Gasteiger partial charge >= 0.3 is 10.2 Å². The summed E-state index contributed by atoms with van der Waals surface area (Å²) in [6.07, 6.45) is 4.17. The van der Waals surface area contributed by atoms with Crippen molar-refractivity contribution >= 4 is 31.8 Å². The summed E-state index contributed by atoms with van der Waals surface area (Å²) in [5.41, 5.74) is 1.15. The summed E-state index contributed by atoms with van der Waals surface area (Å²) in [5, 5.41) is 4.18. The predicted molar refractivity (Wildman–Crippen MR) is 86.7 cm³/mol. The predicted octanol–water partition coefficient (Wildman–Crippen LogP) is 2.63. The van der Waals surface area contributed by atoms with Crippen molar-refractivity contribution in [2.75, 3.05) is 18.3 Å². The van der Waals surface area contributed by atoms with E-state index in [0.717, 1.165) is 10.9 Å². The van der Waals surface area contributed by atoms with E-state index in [2.05, 4.69) is 25.8 Å². The third-order valence-corrected chi connectivity index (χ3v) is 4.78. The Bertz CT molecular complexity index is 714. The zero-order valence-corrected chi connectivity index (χ0v) is 14.2. The van der Waals surface area contributed by atoms with Crippen LogP contribution >= 0.6 is 15.9 Å². The average Bonchev–Trinajstić information content (AvgIpc) is 2.86. The van der Waals surface area contributed by atoms with Gasteiger partial charge < -0.3 is 0 Å². The third-order valence-electron chi connectivity index (χ3n) is 2.89. The van der Waals surface area contributed by atoms with E-state index in [-0.39, 0.29) is 0 Å². The first-order valence-electron chi connectivity index (χ1n) is 6.47. The van der Waals surface area contributed by atoms with Gasteiger partial charge in [0.1, 0.15) is 0 Å². The molecule has 0 fully saturated rings. The first kappa shape index (κ1) is 16.0. The first-order valence-corrected chi connectivity index (χ1v) is 8.71. The van der Waals surface area contributed by atoms with E-state index < -0.39 is 10.2 Å². The second kappa shape index (κ2) is 6.59. The van der Waals surface area contributed by atoms with Crippen molar-refractivity contribution < 1.29 is 8.42 Å². The van der Waals surface area contributed by atoms with Crippen LogP contribution < -0.4 is 4.72 Å². The maximum atomic E-state index is 12.3. The summed E-state index contributed by atoms with van der Waals surface area (Å²) >= 11 is 3.33. The van der Waals surface area contributed by atoms with Crippen LogP contribution in [0.15, 0.2) is 41.1 Å². The Morgan fingerprint density at radius 2 is 2.10 bits per heavy atom. The number of halogens is 1. The monoisotopic (exact) mass is 372 g/mol. The van der Waals surface area contributed by atoms with E-state index >= 15 is 0 Å². The SMILES string of the molecule is CCCN(C)S(=O)(=O)Nc1ccccc1-n1cc(Br)cn1. The lowest BCUT2D eigenvalue weighted by atomic mass is 10.3. The van der Waals surface area contributed by atoms with Gasteiger partial charge in [0, 0.05) is 19.8 Å². The number of aromatic nitrogens is 2. The Kier molecular flexibility index (Phi) is 5.02. The first-order chi connectivity index (χ1) is 9.94. The molecule has 0 spiro atoms. The molecule has 1 N–H and O–H groups in total.